The molecule has 0 unspecified atom stereocenters. The highest BCUT2D eigenvalue weighted by Gasteiger charge is 1.87. The first-order valence-electron chi connectivity index (χ1n) is 5.19. The Balaban J connectivity index is 0. The van der Waals surface area contributed by atoms with Crippen LogP contribution in [0.4, 0.5) is 0 Å². The fraction of sp³-hybridized carbons (Fsp3) is 0.143. The first kappa shape index (κ1) is 18.0. The van der Waals surface area contributed by atoms with Crippen LogP contribution in [0.3, 0.4) is 0 Å². The van der Waals surface area contributed by atoms with Crippen molar-refractivity contribution in [3.63, 3.8) is 0 Å². The molecule has 0 saturated heterocycles. The summed E-state index contributed by atoms with van der Waals surface area (Å²) in [6.45, 7) is 9.70. The highest BCUT2D eigenvalue weighted by atomic mass is 16.1. The highest BCUT2D eigenvalue weighted by Crippen LogP contribution is 1.80. The van der Waals surface area contributed by atoms with E-state index in [1.165, 1.54) is 0 Å². The van der Waals surface area contributed by atoms with Crippen LogP contribution in [-0.2, 0) is 9.59 Å². The van der Waals surface area contributed by atoms with Crippen LogP contribution in [-0.4, -0.2) is 11.8 Å². The number of carbonyl (C=O) groups is 2. The van der Waals surface area contributed by atoms with E-state index < -0.39 is 11.8 Å². The van der Waals surface area contributed by atoms with Crippen LogP contribution >= 0.6 is 0 Å². The maximum atomic E-state index is 9.82. The zero-order chi connectivity index (χ0) is 14.6. The van der Waals surface area contributed by atoms with E-state index in [-0.39, 0.29) is 0 Å². The molecule has 4 N–H and O–H groups in total. The Morgan fingerprint density at radius 1 is 0.722 bits per heavy atom. The van der Waals surface area contributed by atoms with Gasteiger partial charge in [-0.2, -0.15) is 0 Å². The lowest BCUT2D eigenvalue weighted by Crippen LogP contribution is -2.10. The second-order valence-electron chi connectivity index (χ2n) is 3.44. The quantitative estimate of drug-likeness (QED) is 0.782. The molecule has 98 valence electrons. The van der Waals surface area contributed by atoms with Gasteiger partial charge in [-0.15, -0.1) is 0 Å². The Morgan fingerprint density at radius 2 is 0.833 bits per heavy atom. The molecular weight excluding hydrogens is 228 g/mol. The van der Waals surface area contributed by atoms with Crippen molar-refractivity contribution < 1.29 is 9.59 Å². The summed E-state index contributed by atoms with van der Waals surface area (Å²) in [5, 5.41) is 0. The average molecular weight is 248 g/mol. The van der Waals surface area contributed by atoms with Gasteiger partial charge in [0.25, 0.3) is 0 Å². The monoisotopic (exact) mass is 248 g/mol. The standard InChI is InChI=1S/C6H6.2C4H7NO/c1-2-4-6-5-3-1;2*1-3(2)4(5)6/h1-6H;2*1H2,2H3,(H2,5,6). The molecule has 0 saturated carbocycles. The highest BCUT2D eigenvalue weighted by molar-refractivity contribution is 5.90. The van der Waals surface area contributed by atoms with E-state index >= 15 is 0 Å². The predicted octanol–water partition coefficient (Wildman–Crippen LogP) is 1.78. The maximum absolute atomic E-state index is 9.82. The van der Waals surface area contributed by atoms with Crippen molar-refractivity contribution in [3.8, 4) is 0 Å². The summed E-state index contributed by atoms with van der Waals surface area (Å²) in [5.41, 5.74) is 10.2. The van der Waals surface area contributed by atoms with E-state index in [0.29, 0.717) is 11.1 Å². The Morgan fingerprint density at radius 3 is 0.889 bits per heavy atom. The van der Waals surface area contributed by atoms with E-state index in [2.05, 4.69) is 13.2 Å². The predicted molar refractivity (Wildman–Crippen MR) is 74.5 cm³/mol. The van der Waals surface area contributed by atoms with Crippen molar-refractivity contribution in [1.29, 1.82) is 0 Å². The lowest BCUT2D eigenvalue weighted by molar-refractivity contribution is -0.115. The Kier molecular flexibility index (Phi) is 11.1. The molecule has 0 aliphatic carbocycles. The Hall–Kier alpha value is -2.36. The fourth-order valence-corrected chi connectivity index (χ4v) is 0.385. The SMILES string of the molecule is C=C(C)C(N)=O.C=C(C)C(N)=O.c1ccccc1. The van der Waals surface area contributed by atoms with Crippen LogP contribution in [0.5, 0.6) is 0 Å². The topological polar surface area (TPSA) is 86.2 Å². The van der Waals surface area contributed by atoms with Gasteiger partial charge >= 0.3 is 0 Å². The van der Waals surface area contributed by atoms with Crippen LogP contribution in [0.1, 0.15) is 13.8 Å². The van der Waals surface area contributed by atoms with Crippen molar-refractivity contribution in [2.24, 2.45) is 11.5 Å². The van der Waals surface area contributed by atoms with Gasteiger partial charge < -0.3 is 11.5 Å². The molecule has 0 spiro atoms. The molecule has 1 aromatic carbocycles. The van der Waals surface area contributed by atoms with Crippen LogP contribution in [0.25, 0.3) is 0 Å². The lowest BCUT2D eigenvalue weighted by atomic mass is 10.3. The van der Waals surface area contributed by atoms with Crippen LogP contribution in [0.2, 0.25) is 0 Å². The van der Waals surface area contributed by atoms with Crippen LogP contribution in [0.15, 0.2) is 60.7 Å². The normalized spacial score (nSPS) is 7.67. The third-order valence-corrected chi connectivity index (χ3v) is 1.51. The minimum Gasteiger partial charge on any atom is -0.366 e. The third-order valence-electron chi connectivity index (χ3n) is 1.51. The first-order valence-corrected chi connectivity index (χ1v) is 5.19. The van der Waals surface area contributed by atoms with Crippen molar-refractivity contribution in [2.75, 3.05) is 0 Å². The summed E-state index contributed by atoms with van der Waals surface area (Å²) in [6.07, 6.45) is 0. The lowest BCUT2D eigenvalue weighted by Gasteiger charge is -1.81. The number of rotatable bonds is 2. The third kappa shape index (κ3) is 16.1. The van der Waals surface area contributed by atoms with Crippen LogP contribution in [0, 0.1) is 0 Å². The maximum Gasteiger partial charge on any atom is 0.243 e. The van der Waals surface area contributed by atoms with E-state index in [1.807, 2.05) is 36.4 Å². The molecule has 0 bridgehead atoms. The van der Waals surface area contributed by atoms with Gasteiger partial charge in [0, 0.05) is 11.1 Å². The van der Waals surface area contributed by atoms with E-state index in [9.17, 15) is 9.59 Å². The number of carbonyl (C=O) groups excluding carboxylic acids is 2. The molecule has 18 heavy (non-hydrogen) atoms. The molecule has 4 nitrogen and oxygen atoms in total. The molecular formula is C14H20N2O2. The molecule has 0 aromatic heterocycles. The zero-order valence-corrected chi connectivity index (χ0v) is 10.8. The molecule has 0 aliphatic rings. The zero-order valence-electron chi connectivity index (χ0n) is 10.8. The van der Waals surface area contributed by atoms with E-state index in [4.69, 9.17) is 11.5 Å². The first-order chi connectivity index (χ1) is 8.29. The minimum atomic E-state index is -0.435. The molecule has 1 aromatic rings. The van der Waals surface area contributed by atoms with Gasteiger partial charge in [-0.1, -0.05) is 49.6 Å². The van der Waals surface area contributed by atoms with Gasteiger partial charge in [-0.25, -0.2) is 0 Å². The minimum absolute atomic E-state index is 0.398. The van der Waals surface area contributed by atoms with Crippen LogP contribution < -0.4 is 11.5 Å². The molecule has 2 amide bonds. The number of primary amides is 2. The van der Waals surface area contributed by atoms with Gasteiger partial charge in [0.15, 0.2) is 0 Å². The number of amides is 2. The van der Waals surface area contributed by atoms with Crippen molar-refractivity contribution in [1.82, 2.24) is 0 Å². The van der Waals surface area contributed by atoms with Gasteiger partial charge in [-0.3, -0.25) is 9.59 Å². The molecule has 0 radical (unpaired) electrons. The summed E-state index contributed by atoms with van der Waals surface area (Å²) in [6, 6.07) is 12.0. The summed E-state index contributed by atoms with van der Waals surface area (Å²) >= 11 is 0. The van der Waals surface area contributed by atoms with Gasteiger partial charge in [-0.05, 0) is 13.8 Å². The molecule has 0 heterocycles. The number of benzene rings is 1. The van der Waals surface area contributed by atoms with Crippen molar-refractivity contribution in [2.45, 2.75) is 13.8 Å². The fourth-order valence-electron chi connectivity index (χ4n) is 0.385. The van der Waals surface area contributed by atoms with Crippen molar-refractivity contribution in [3.05, 3.63) is 60.7 Å². The second-order valence-corrected chi connectivity index (χ2v) is 3.44. The summed E-state index contributed by atoms with van der Waals surface area (Å²) in [7, 11) is 0. The molecule has 0 fully saturated rings. The molecule has 0 atom stereocenters. The average Bonchev–Trinajstić information content (AvgIpc) is 2.32. The number of hydrogen-bond acceptors (Lipinski definition) is 2. The molecule has 4 heteroatoms. The smallest absolute Gasteiger partial charge is 0.243 e. The van der Waals surface area contributed by atoms with E-state index in [0.717, 1.165) is 0 Å². The summed E-state index contributed by atoms with van der Waals surface area (Å²) < 4.78 is 0. The molecule has 1 rings (SSSR count). The van der Waals surface area contributed by atoms with Gasteiger partial charge in [0.1, 0.15) is 0 Å². The number of hydrogen-bond donors (Lipinski definition) is 2. The second kappa shape index (κ2) is 11.1. The van der Waals surface area contributed by atoms with E-state index in [1.54, 1.807) is 13.8 Å². The summed E-state index contributed by atoms with van der Waals surface area (Å²) in [4.78, 5) is 19.6. The number of nitrogens with two attached hydrogens (primary N) is 2. The van der Waals surface area contributed by atoms with Gasteiger partial charge in [0.05, 0.1) is 0 Å². The summed E-state index contributed by atoms with van der Waals surface area (Å²) in [5.74, 6) is -0.870. The molecule has 0 aliphatic heterocycles. The largest absolute Gasteiger partial charge is 0.366 e. The van der Waals surface area contributed by atoms with Crippen molar-refractivity contribution >= 4 is 11.8 Å². The Labute approximate surface area is 108 Å². The van der Waals surface area contributed by atoms with Gasteiger partial charge in [0.2, 0.25) is 11.8 Å². The Bertz CT molecular complexity index is 323.